The molecule has 0 radical (unpaired) electrons. The minimum atomic E-state index is 0. The van der Waals surface area contributed by atoms with E-state index in [9.17, 15) is 0 Å². The molecule has 5 heteroatoms. The van der Waals surface area contributed by atoms with Gasteiger partial charge in [0, 0.05) is 11.6 Å². The number of ether oxygens (including phenoxy) is 1. The third kappa shape index (κ3) is 1.73. The molecule has 4 atom stereocenters. The van der Waals surface area contributed by atoms with Crippen LogP contribution in [-0.2, 0) is 0 Å². The van der Waals surface area contributed by atoms with E-state index in [0.29, 0.717) is 17.9 Å². The molecule has 2 aliphatic heterocycles. The number of rotatable bonds is 0. The predicted octanol–water partition coefficient (Wildman–Crippen LogP) is 4.00. The Hall–Kier alpha value is -2.84. The Kier molecular flexibility index (Phi) is 3.00. The number of aryl methyl sites for hydroxylation is 1. The summed E-state index contributed by atoms with van der Waals surface area (Å²) in [5.74, 6) is 3.00. The smallest absolute Gasteiger partial charge is 0.116 e. The average molecular weight is 565 g/mol. The molecule has 0 aliphatic carbocycles. The number of benzene rings is 1. The van der Waals surface area contributed by atoms with Gasteiger partial charge in [0.25, 0.3) is 0 Å². The van der Waals surface area contributed by atoms with Gasteiger partial charge in [-0.25, -0.2) is 0 Å². The zero-order chi connectivity index (χ0) is 15.8. The van der Waals surface area contributed by atoms with E-state index in [-0.39, 0.29) is 6.10 Å². The topological polar surface area (TPSA) is 39.1 Å². The van der Waals surface area contributed by atoms with Gasteiger partial charge < -0.3 is 14.6 Å². The molecule has 0 spiro atoms. The second-order valence-corrected chi connectivity index (χ2v) is 7.05. The molecule has 120 valence electrons. The zero-order valence-electron chi connectivity index (χ0n) is 14.9. The van der Waals surface area contributed by atoms with E-state index >= 15 is 0 Å². The molecule has 4 unspecified atom stereocenters. The Bertz CT molecular complexity index is 783. The Morgan fingerprint density at radius 3 is 2.52 bits per heavy atom. The molecule has 0 amide bonds. The van der Waals surface area contributed by atoms with Crippen molar-refractivity contribution in [2.75, 3.05) is 5.32 Å². The van der Waals surface area contributed by atoms with Crippen LogP contribution in [0.5, 0.6) is 5.75 Å². The Morgan fingerprint density at radius 1 is 1.13 bits per heavy atom. The van der Waals surface area contributed by atoms with Crippen LogP contribution < -0.4 is 10.1 Å². The fourth-order valence-corrected chi connectivity index (χ4v) is 3.86. The third-order valence-electron chi connectivity index (χ3n) is 5.69. The number of aromatic nitrogens is 2. The quantitative estimate of drug-likeness (QED) is 0.492. The van der Waals surface area contributed by atoms with E-state index in [2.05, 4.69) is 58.0 Å². The van der Waals surface area contributed by atoms with Crippen LogP contribution in [0.2, 0.25) is 0 Å². The number of fused-ring (bicyclic) bond motifs is 5. The summed E-state index contributed by atoms with van der Waals surface area (Å²) in [5, 5.41) is 3.43. The van der Waals surface area contributed by atoms with Gasteiger partial charge in [-0.2, -0.15) is 0 Å². The number of hydrogen-bond acceptors (Lipinski definition) is 3. The summed E-state index contributed by atoms with van der Waals surface area (Å²) in [6.45, 7) is 15.5. The fourth-order valence-electron chi connectivity index (χ4n) is 3.86. The van der Waals surface area contributed by atoms with Gasteiger partial charge in [-0.05, 0) is 54.8 Å². The summed E-state index contributed by atoms with van der Waals surface area (Å²) in [4.78, 5) is 4.86. The van der Waals surface area contributed by atoms with Crippen molar-refractivity contribution in [3.8, 4) is 5.75 Å². The van der Waals surface area contributed by atoms with Crippen LogP contribution in [0.3, 0.4) is 0 Å². The first-order valence-corrected chi connectivity index (χ1v) is 8.23. The van der Waals surface area contributed by atoms with E-state index in [1.807, 2.05) is 0 Å². The van der Waals surface area contributed by atoms with Crippen LogP contribution in [0, 0.1) is 26.3 Å². The average Bonchev–Trinajstić information content (AvgIpc) is 2.98. The number of nitrogens with one attached hydrogen (secondary N) is 1. The molecule has 0 saturated heterocycles. The molecule has 1 aromatic heterocycles. The van der Waals surface area contributed by atoms with Crippen molar-refractivity contribution in [2.24, 2.45) is 5.92 Å². The first-order chi connectivity index (χ1) is 10.4. The van der Waals surface area contributed by atoms with Crippen molar-refractivity contribution in [2.45, 2.75) is 59.6 Å². The number of hydrogen-bond donors (Lipinski definition) is 1. The van der Waals surface area contributed by atoms with E-state index in [1.165, 1.54) is 22.2 Å². The monoisotopic (exact) mass is 565 g/mol. The largest absolute Gasteiger partial charge is 0.491 e. The molecule has 2 aliphatic rings. The fraction of sp³-hybridized carbons (Fsp3) is 0.556. The maximum Gasteiger partial charge on any atom is 0.116 e. The Balaban J connectivity index is 0.00000156. The van der Waals surface area contributed by atoms with Gasteiger partial charge >= 0.3 is 0 Å². The minimum absolute atomic E-state index is 0. The summed E-state index contributed by atoms with van der Waals surface area (Å²) in [7, 11) is 0. The molecule has 0 fully saturated rings. The third-order valence-corrected chi connectivity index (χ3v) is 5.69. The van der Waals surface area contributed by atoms with Crippen LogP contribution in [0.25, 0.3) is 11.0 Å². The summed E-state index contributed by atoms with van der Waals surface area (Å²) in [6, 6.07) is 0.320. The van der Waals surface area contributed by atoms with Crippen molar-refractivity contribution >= 4 is 17.0 Å². The normalized spacial score (nSPS) is 28.3. The molecular weight excluding hydrogens is 541 g/mol. The van der Waals surface area contributed by atoms with Crippen LogP contribution in [0.15, 0.2) is 0 Å². The van der Waals surface area contributed by atoms with Crippen LogP contribution >= 0.6 is 0 Å². The van der Waals surface area contributed by atoms with Gasteiger partial charge in [-0.3, -0.25) is 4.98 Å². The first kappa shape index (κ1) is 15.1. The van der Waals surface area contributed by atoms with Crippen LogP contribution in [0.1, 0.15) is 50.3 Å². The van der Waals surface area contributed by atoms with Crippen molar-refractivity contribution < 1.29 is 4.74 Å². The first-order valence-electron chi connectivity index (χ1n) is 8.23. The second-order valence-electron chi connectivity index (χ2n) is 7.05. The van der Waals surface area contributed by atoms with Gasteiger partial charge in [0.15, 0.2) is 0 Å². The van der Waals surface area contributed by atoms with E-state index < -0.39 is 0 Å². The molecule has 2 aromatic rings. The van der Waals surface area contributed by atoms with Gasteiger partial charge in [0.1, 0.15) is 5.75 Å². The maximum atomic E-state index is 6.31. The molecular formula is C18H24N3ORf-. The van der Waals surface area contributed by atoms with Crippen molar-refractivity contribution in [3.63, 3.8) is 0 Å². The standard InChI is InChI=1S/C18H24N3O.Rf/c1-8-7-21-16-14-10(3)9(2)13(6)22-17(14)12(5)11(4)15(16)20-18(21)19-8;/h7-10,13H,1-6H3,(H,19,20);/q-1;. The Morgan fingerprint density at radius 2 is 1.83 bits per heavy atom. The Labute approximate surface area is 131 Å². The van der Waals surface area contributed by atoms with Gasteiger partial charge in [0.05, 0.1) is 12.1 Å². The predicted molar refractivity (Wildman–Crippen MR) is 89.7 cm³/mol. The molecule has 1 N–H and O–H groups in total. The minimum Gasteiger partial charge on any atom is -0.491 e. The summed E-state index contributed by atoms with van der Waals surface area (Å²) in [5.41, 5.74) is 6.13. The van der Waals surface area contributed by atoms with Gasteiger partial charge in [-0.15, -0.1) is 0 Å². The van der Waals surface area contributed by atoms with Crippen LogP contribution in [-0.4, -0.2) is 21.7 Å². The number of nitrogens with zero attached hydrogens (tertiary/aromatic N) is 2. The molecule has 3 heterocycles. The molecule has 23 heavy (non-hydrogen) atoms. The number of anilines is 1. The van der Waals surface area contributed by atoms with Crippen LogP contribution in [0.4, 0.5) is 5.95 Å². The maximum absolute atomic E-state index is 6.31. The van der Waals surface area contributed by atoms with E-state index in [4.69, 9.17) is 9.72 Å². The molecule has 1 aromatic carbocycles. The van der Waals surface area contributed by atoms with Crippen molar-refractivity contribution in [1.82, 2.24) is 9.55 Å². The van der Waals surface area contributed by atoms with Crippen molar-refractivity contribution in [1.29, 1.82) is 0 Å². The van der Waals surface area contributed by atoms with E-state index in [0.717, 1.165) is 17.2 Å². The summed E-state index contributed by atoms with van der Waals surface area (Å²) >= 11 is 0. The summed E-state index contributed by atoms with van der Waals surface area (Å²) < 4.78 is 8.54. The van der Waals surface area contributed by atoms with Crippen molar-refractivity contribution in [3.05, 3.63) is 23.2 Å². The molecule has 4 rings (SSSR count). The molecule has 0 saturated carbocycles. The summed E-state index contributed by atoms with van der Waals surface area (Å²) in [6.07, 6.45) is 0.250. The molecule has 0 bridgehead atoms. The number of imidazole rings is 1. The SMILES string of the molecule is Cc1c2c(c3c(nc4n3[CH-]C(C)N4)c1C)C(C)C(C)C(C)O2.[Rf]. The zero-order valence-corrected chi connectivity index (χ0v) is 21.3. The van der Waals surface area contributed by atoms with E-state index in [1.54, 1.807) is 0 Å². The van der Waals surface area contributed by atoms with Gasteiger partial charge in [0.2, 0.25) is 0 Å². The second kappa shape index (κ2) is 4.58. The van der Waals surface area contributed by atoms with Gasteiger partial charge in [-0.1, -0.05) is 27.3 Å². The molecule has 4 nitrogen and oxygen atoms in total.